The van der Waals surface area contributed by atoms with Crippen LogP contribution in [0.4, 0.5) is 4.39 Å². The first-order valence-corrected chi connectivity index (χ1v) is 10.3. The van der Waals surface area contributed by atoms with Gasteiger partial charge in [-0.15, -0.1) is 0 Å². The highest BCUT2D eigenvalue weighted by atomic mass is 32.2. The largest absolute Gasteiger partial charge is 0.496 e. The van der Waals surface area contributed by atoms with Gasteiger partial charge in [-0.1, -0.05) is 30.3 Å². The molecule has 0 atom stereocenters. The van der Waals surface area contributed by atoms with Gasteiger partial charge in [0.1, 0.15) is 11.6 Å². The quantitative estimate of drug-likeness (QED) is 0.707. The fourth-order valence-electron chi connectivity index (χ4n) is 2.61. The molecule has 146 valence electrons. The molecule has 0 fully saturated rings. The number of hydrogen-bond donors (Lipinski definition) is 1. The molecule has 0 spiro atoms. The molecule has 0 aliphatic carbocycles. The van der Waals surface area contributed by atoms with Crippen LogP contribution in [-0.2, 0) is 16.4 Å². The van der Waals surface area contributed by atoms with Crippen molar-refractivity contribution in [3.63, 3.8) is 0 Å². The number of nitrogens with zero attached hydrogens (tertiary/aromatic N) is 1. The van der Waals surface area contributed by atoms with E-state index in [2.05, 4.69) is 5.32 Å². The highest BCUT2D eigenvalue weighted by molar-refractivity contribution is 7.88. The number of ether oxygens (including phenoxy) is 1. The summed E-state index contributed by atoms with van der Waals surface area (Å²) in [5.41, 5.74) is 0.821. The van der Waals surface area contributed by atoms with Gasteiger partial charge in [0.25, 0.3) is 5.91 Å². The van der Waals surface area contributed by atoms with Gasteiger partial charge < -0.3 is 10.1 Å². The number of carbonyl (C=O) groups is 1. The topological polar surface area (TPSA) is 75.7 Å². The SMILES string of the molecule is COc1ccccc1C(=O)NCCN(CCc1ccccc1F)S(C)(=O)=O. The number of hydrogen-bond acceptors (Lipinski definition) is 4. The molecule has 0 bridgehead atoms. The van der Waals surface area contributed by atoms with Gasteiger partial charge in [-0.05, 0) is 30.2 Å². The second kappa shape index (κ2) is 9.48. The van der Waals surface area contributed by atoms with Crippen molar-refractivity contribution in [2.45, 2.75) is 6.42 Å². The normalized spacial score (nSPS) is 11.4. The van der Waals surface area contributed by atoms with Crippen molar-refractivity contribution in [3.8, 4) is 5.75 Å². The van der Waals surface area contributed by atoms with Gasteiger partial charge in [0.05, 0.1) is 18.9 Å². The van der Waals surface area contributed by atoms with Crippen LogP contribution in [0.15, 0.2) is 48.5 Å². The van der Waals surface area contributed by atoms with E-state index in [1.54, 1.807) is 42.5 Å². The average molecular weight is 394 g/mol. The van der Waals surface area contributed by atoms with E-state index < -0.39 is 10.0 Å². The van der Waals surface area contributed by atoms with Crippen molar-refractivity contribution in [2.24, 2.45) is 0 Å². The Morgan fingerprint density at radius 3 is 2.44 bits per heavy atom. The molecule has 0 aliphatic heterocycles. The Bertz CT molecular complexity index is 887. The van der Waals surface area contributed by atoms with E-state index in [9.17, 15) is 17.6 Å². The third-order valence-corrected chi connectivity index (χ3v) is 5.36. The van der Waals surface area contributed by atoms with E-state index in [4.69, 9.17) is 4.74 Å². The number of para-hydroxylation sites is 1. The lowest BCUT2D eigenvalue weighted by Gasteiger charge is -2.20. The van der Waals surface area contributed by atoms with E-state index in [0.717, 1.165) is 6.26 Å². The number of methoxy groups -OCH3 is 1. The molecule has 1 N–H and O–H groups in total. The van der Waals surface area contributed by atoms with Crippen LogP contribution in [0.2, 0.25) is 0 Å². The van der Waals surface area contributed by atoms with Gasteiger partial charge in [0.15, 0.2) is 0 Å². The van der Waals surface area contributed by atoms with Crippen LogP contribution >= 0.6 is 0 Å². The Labute approximate surface area is 159 Å². The van der Waals surface area contributed by atoms with Crippen molar-refractivity contribution >= 4 is 15.9 Å². The summed E-state index contributed by atoms with van der Waals surface area (Å²) in [6.45, 7) is 0.347. The van der Waals surface area contributed by atoms with Crippen molar-refractivity contribution in [1.82, 2.24) is 9.62 Å². The standard InChI is InChI=1S/C19H23FN2O4S/c1-26-18-10-6-4-8-16(18)19(23)21-12-14-22(27(2,24)25)13-11-15-7-3-5-9-17(15)20/h3-10H,11-14H2,1-2H3,(H,21,23). The second-order valence-electron chi connectivity index (χ2n) is 5.96. The van der Waals surface area contributed by atoms with E-state index in [-0.39, 0.29) is 37.8 Å². The Morgan fingerprint density at radius 2 is 1.78 bits per heavy atom. The molecule has 27 heavy (non-hydrogen) atoms. The second-order valence-corrected chi connectivity index (χ2v) is 7.94. The van der Waals surface area contributed by atoms with E-state index in [0.29, 0.717) is 16.9 Å². The van der Waals surface area contributed by atoms with E-state index in [1.165, 1.54) is 17.5 Å². The molecule has 0 aliphatic rings. The van der Waals surface area contributed by atoms with Crippen LogP contribution in [0, 0.1) is 5.82 Å². The molecular weight excluding hydrogens is 371 g/mol. The van der Waals surface area contributed by atoms with Crippen LogP contribution < -0.4 is 10.1 Å². The van der Waals surface area contributed by atoms with Crippen molar-refractivity contribution < 1.29 is 22.3 Å². The van der Waals surface area contributed by atoms with Gasteiger partial charge in [0, 0.05) is 19.6 Å². The molecule has 0 saturated heterocycles. The molecule has 2 rings (SSSR count). The molecule has 6 nitrogen and oxygen atoms in total. The summed E-state index contributed by atoms with van der Waals surface area (Å²) < 4.78 is 44.1. The molecule has 1 amide bonds. The van der Waals surface area contributed by atoms with Crippen LogP contribution in [0.25, 0.3) is 0 Å². The maximum atomic E-state index is 13.7. The molecule has 2 aromatic carbocycles. The van der Waals surface area contributed by atoms with Crippen molar-refractivity contribution in [2.75, 3.05) is 33.0 Å². The lowest BCUT2D eigenvalue weighted by molar-refractivity contribution is 0.0948. The average Bonchev–Trinajstić information content (AvgIpc) is 2.64. The number of halogens is 1. The number of carbonyl (C=O) groups excluding carboxylic acids is 1. The van der Waals surface area contributed by atoms with Crippen LogP contribution in [0.1, 0.15) is 15.9 Å². The first kappa shape index (κ1) is 20.9. The maximum Gasteiger partial charge on any atom is 0.255 e. The van der Waals surface area contributed by atoms with E-state index >= 15 is 0 Å². The number of benzene rings is 2. The maximum absolute atomic E-state index is 13.7. The molecule has 0 radical (unpaired) electrons. The zero-order chi connectivity index (χ0) is 19.9. The van der Waals surface area contributed by atoms with Crippen molar-refractivity contribution in [1.29, 1.82) is 0 Å². The monoisotopic (exact) mass is 394 g/mol. The van der Waals surface area contributed by atoms with Gasteiger partial charge in [-0.2, -0.15) is 0 Å². The molecular formula is C19H23FN2O4S. The van der Waals surface area contributed by atoms with Crippen molar-refractivity contribution in [3.05, 3.63) is 65.5 Å². The van der Waals surface area contributed by atoms with Crippen LogP contribution in [0.5, 0.6) is 5.75 Å². The Morgan fingerprint density at radius 1 is 1.11 bits per heavy atom. The number of sulfonamides is 1. The molecule has 8 heteroatoms. The summed E-state index contributed by atoms with van der Waals surface area (Å²) in [6.07, 6.45) is 1.34. The third kappa shape index (κ3) is 6.04. The summed E-state index contributed by atoms with van der Waals surface area (Å²) in [6, 6.07) is 13.0. The minimum Gasteiger partial charge on any atom is -0.496 e. The Hall–Kier alpha value is -2.45. The van der Waals surface area contributed by atoms with Gasteiger partial charge >= 0.3 is 0 Å². The summed E-state index contributed by atoms with van der Waals surface area (Å²) in [5, 5.41) is 2.69. The number of amides is 1. The predicted octanol–water partition coefficient (Wildman–Crippen LogP) is 2.07. The Balaban J connectivity index is 1.95. The highest BCUT2D eigenvalue weighted by Gasteiger charge is 2.18. The zero-order valence-corrected chi connectivity index (χ0v) is 16.1. The summed E-state index contributed by atoms with van der Waals surface area (Å²) in [5.74, 6) is -0.278. The number of rotatable bonds is 9. The molecule has 0 saturated carbocycles. The van der Waals surface area contributed by atoms with Gasteiger partial charge in [-0.3, -0.25) is 4.79 Å². The molecule has 2 aromatic rings. The van der Waals surface area contributed by atoms with E-state index in [1.807, 2.05) is 0 Å². The fraction of sp³-hybridized carbons (Fsp3) is 0.316. The summed E-state index contributed by atoms with van der Waals surface area (Å²) in [7, 11) is -2.02. The highest BCUT2D eigenvalue weighted by Crippen LogP contribution is 2.16. The van der Waals surface area contributed by atoms with Crippen LogP contribution in [0.3, 0.4) is 0 Å². The molecule has 0 unspecified atom stereocenters. The number of nitrogens with one attached hydrogen (secondary N) is 1. The minimum absolute atomic E-state index is 0.0914. The summed E-state index contributed by atoms with van der Waals surface area (Å²) >= 11 is 0. The third-order valence-electron chi connectivity index (χ3n) is 4.06. The molecule has 0 heterocycles. The summed E-state index contributed by atoms with van der Waals surface area (Å²) in [4.78, 5) is 12.3. The Kier molecular flexibility index (Phi) is 7.32. The van der Waals surface area contributed by atoms with Gasteiger partial charge in [0.2, 0.25) is 10.0 Å². The zero-order valence-electron chi connectivity index (χ0n) is 15.3. The van der Waals surface area contributed by atoms with Crippen LogP contribution in [-0.4, -0.2) is 51.6 Å². The predicted molar refractivity (Wildman–Crippen MR) is 102 cm³/mol. The first-order valence-electron chi connectivity index (χ1n) is 8.42. The minimum atomic E-state index is -3.49. The molecule has 0 aromatic heterocycles. The van der Waals surface area contributed by atoms with Gasteiger partial charge in [-0.25, -0.2) is 17.1 Å². The lowest BCUT2D eigenvalue weighted by Crippen LogP contribution is -2.39. The first-order chi connectivity index (χ1) is 12.8. The fourth-order valence-corrected chi connectivity index (χ4v) is 3.46. The smallest absolute Gasteiger partial charge is 0.255 e. The lowest BCUT2D eigenvalue weighted by atomic mass is 10.1.